The van der Waals surface area contributed by atoms with Crippen LogP contribution in [0, 0.1) is 0 Å². The van der Waals surface area contributed by atoms with Crippen LogP contribution in [0.1, 0.15) is 18.9 Å². The Kier molecular flexibility index (Phi) is 8.22. The van der Waals surface area contributed by atoms with Gasteiger partial charge in [0.1, 0.15) is 12.3 Å². The zero-order chi connectivity index (χ0) is 27.4. The first kappa shape index (κ1) is 27.4. The van der Waals surface area contributed by atoms with Gasteiger partial charge in [-0.2, -0.15) is 0 Å². The minimum Gasteiger partial charge on any atom is -0.361 e. The Balaban J connectivity index is 1.44. The van der Waals surface area contributed by atoms with Gasteiger partial charge in [0, 0.05) is 47.4 Å². The van der Waals surface area contributed by atoms with E-state index in [1.807, 2.05) is 24.3 Å². The van der Waals surface area contributed by atoms with E-state index < -0.39 is 50.7 Å². The van der Waals surface area contributed by atoms with Crippen LogP contribution in [0.5, 0.6) is 0 Å². The number of H-pyrrole nitrogens is 1. The molecule has 3 amide bonds. The number of likely N-dealkylation sites (N-methyl/N-ethyl adjacent to an activating group) is 1. The number of carbonyl (C=O) groups excluding carboxylic acids is 2. The van der Waals surface area contributed by atoms with E-state index in [9.17, 15) is 19.0 Å². The predicted molar refractivity (Wildman–Crippen MR) is 138 cm³/mol. The van der Waals surface area contributed by atoms with Gasteiger partial charge in [-0.3, -0.25) is 14.2 Å². The fourth-order valence-electron chi connectivity index (χ4n) is 4.38. The summed E-state index contributed by atoms with van der Waals surface area (Å²) in [7, 11) is -3.10. The van der Waals surface area contributed by atoms with Gasteiger partial charge in [0.25, 0.3) is 0 Å². The standard InChI is InChI=1S/C23H29N8O6P/c1-13-11-31(23(33)27-14(13)2)21-9-18(28-30-24)20(37-21)12-36-38(34,35)29-19(22(32)25-3)8-15-10-26-17-7-5-4-6-16(15)17/h4-7,10-11,18-21,26H,2,8-9,12H2,1,3H3,(H,25,32)(H,27,33)(H2,29,34,35)/t18-,19-,20+,21+/m0/s1. The normalized spacial score (nSPS) is 23.8. The van der Waals surface area contributed by atoms with E-state index in [-0.39, 0.29) is 12.8 Å². The van der Waals surface area contributed by atoms with Crippen LogP contribution in [-0.2, 0) is 25.0 Å². The zero-order valence-electron chi connectivity index (χ0n) is 20.8. The number of aromatic amines is 1. The van der Waals surface area contributed by atoms with Crippen LogP contribution in [0.2, 0.25) is 0 Å². The highest BCUT2D eigenvalue weighted by Crippen LogP contribution is 2.40. The van der Waals surface area contributed by atoms with Gasteiger partial charge in [-0.1, -0.05) is 29.9 Å². The van der Waals surface area contributed by atoms with E-state index in [4.69, 9.17) is 14.8 Å². The van der Waals surface area contributed by atoms with Gasteiger partial charge < -0.3 is 25.2 Å². The molecule has 2 aliphatic heterocycles. The lowest BCUT2D eigenvalue weighted by Gasteiger charge is -2.30. The van der Waals surface area contributed by atoms with Gasteiger partial charge in [-0.25, -0.2) is 14.4 Å². The maximum absolute atomic E-state index is 13.0. The van der Waals surface area contributed by atoms with E-state index in [0.29, 0.717) is 11.3 Å². The molecule has 4 rings (SSSR count). The molecule has 0 saturated carbocycles. The molecular formula is C23H29N8O6P. The number of azide groups is 1. The number of hydrogen-bond donors (Lipinski definition) is 5. The Morgan fingerprint density at radius 1 is 1.47 bits per heavy atom. The molecule has 1 fully saturated rings. The summed E-state index contributed by atoms with van der Waals surface area (Å²) in [6.07, 6.45) is 1.85. The summed E-state index contributed by atoms with van der Waals surface area (Å²) in [6, 6.07) is 5.19. The molecule has 3 heterocycles. The Hall–Kier alpha value is -3.64. The number of amides is 3. The lowest BCUT2D eigenvalue weighted by Crippen LogP contribution is -2.45. The van der Waals surface area contributed by atoms with E-state index >= 15 is 0 Å². The molecule has 38 heavy (non-hydrogen) atoms. The molecule has 5 atom stereocenters. The Bertz CT molecular complexity index is 1370. The molecule has 0 spiro atoms. The van der Waals surface area contributed by atoms with Crippen LogP contribution in [0.15, 0.2) is 59.6 Å². The first-order chi connectivity index (χ1) is 18.1. The number of carbonyl (C=O) groups is 2. The summed E-state index contributed by atoms with van der Waals surface area (Å²) in [4.78, 5) is 42.7. The Morgan fingerprint density at radius 3 is 2.97 bits per heavy atom. The third kappa shape index (κ3) is 6.08. The SMILES string of the molecule is C=C1NC(=O)N([C@H]2C[C@H](N=[N+]=[N-])[C@@H](COP(=O)(O)N[C@@H](Cc3c[nH]c4ccccc34)C(=O)NC)O2)C=C1C. The van der Waals surface area contributed by atoms with Gasteiger partial charge in [0.05, 0.1) is 18.8 Å². The number of nitrogens with zero attached hydrogens (tertiary/aromatic N) is 4. The maximum Gasteiger partial charge on any atom is 0.403 e. The highest BCUT2D eigenvalue weighted by Gasteiger charge is 2.41. The average Bonchev–Trinajstić information content (AvgIpc) is 3.48. The fraction of sp³-hybridized carbons (Fsp3) is 0.391. The van der Waals surface area contributed by atoms with Gasteiger partial charge in [-0.05, 0) is 36.1 Å². The quantitative estimate of drug-likeness (QED) is 0.131. The van der Waals surface area contributed by atoms with E-state index in [1.165, 1.54) is 11.9 Å². The minimum absolute atomic E-state index is 0.113. The van der Waals surface area contributed by atoms with Crippen molar-refractivity contribution < 1.29 is 28.3 Å². The lowest BCUT2D eigenvalue weighted by atomic mass is 10.1. The molecule has 0 aliphatic carbocycles. The molecular weight excluding hydrogens is 515 g/mol. The third-order valence-electron chi connectivity index (χ3n) is 6.41. The number of rotatable bonds is 10. The molecule has 2 aliphatic rings. The van der Waals surface area contributed by atoms with Crippen LogP contribution < -0.4 is 15.7 Å². The largest absolute Gasteiger partial charge is 0.403 e. The molecule has 202 valence electrons. The van der Waals surface area contributed by atoms with Crippen molar-refractivity contribution >= 4 is 30.6 Å². The smallest absolute Gasteiger partial charge is 0.361 e. The van der Waals surface area contributed by atoms with Gasteiger partial charge in [0.2, 0.25) is 5.91 Å². The zero-order valence-corrected chi connectivity index (χ0v) is 21.7. The number of allylic oxidation sites excluding steroid dienone is 1. The number of benzene rings is 1. The lowest BCUT2D eigenvalue weighted by molar-refractivity contribution is -0.122. The Labute approximate surface area is 218 Å². The molecule has 2 aromatic rings. The first-order valence-electron chi connectivity index (χ1n) is 11.8. The number of urea groups is 1. The molecule has 5 N–H and O–H groups in total. The molecule has 15 heteroatoms. The van der Waals surface area contributed by atoms with Crippen LogP contribution in [0.3, 0.4) is 0 Å². The number of aromatic nitrogens is 1. The van der Waals surface area contributed by atoms with Crippen molar-refractivity contribution in [3.63, 3.8) is 0 Å². The number of hydrogen-bond acceptors (Lipinski definition) is 6. The summed E-state index contributed by atoms with van der Waals surface area (Å²) in [5.41, 5.74) is 11.8. The molecule has 0 radical (unpaired) electrons. The van der Waals surface area contributed by atoms with Crippen molar-refractivity contribution in [1.29, 1.82) is 0 Å². The highest BCUT2D eigenvalue weighted by atomic mass is 31.2. The second-order valence-corrected chi connectivity index (χ2v) is 10.5. The second-order valence-electron chi connectivity index (χ2n) is 8.94. The van der Waals surface area contributed by atoms with Crippen LogP contribution in [0.4, 0.5) is 4.79 Å². The van der Waals surface area contributed by atoms with Gasteiger partial charge in [-0.15, -0.1) is 0 Å². The molecule has 0 bridgehead atoms. The molecule has 1 aromatic carbocycles. The van der Waals surface area contributed by atoms with Crippen molar-refractivity contribution in [3.8, 4) is 0 Å². The van der Waals surface area contributed by atoms with Crippen LogP contribution >= 0.6 is 7.75 Å². The van der Waals surface area contributed by atoms with Crippen LogP contribution in [-0.4, -0.2) is 64.8 Å². The van der Waals surface area contributed by atoms with Crippen molar-refractivity contribution in [2.75, 3.05) is 13.7 Å². The predicted octanol–water partition coefficient (Wildman–Crippen LogP) is 2.77. The summed E-state index contributed by atoms with van der Waals surface area (Å²) >= 11 is 0. The summed E-state index contributed by atoms with van der Waals surface area (Å²) in [6.45, 7) is 5.09. The van der Waals surface area contributed by atoms with E-state index in [2.05, 4.69) is 37.3 Å². The summed E-state index contributed by atoms with van der Waals surface area (Å²) < 4.78 is 24.1. The maximum atomic E-state index is 13.0. The number of ether oxygens (including phenoxy) is 1. The minimum atomic E-state index is -4.53. The van der Waals surface area contributed by atoms with Crippen molar-refractivity contribution in [2.45, 2.75) is 44.2 Å². The van der Waals surface area contributed by atoms with Gasteiger partial charge >= 0.3 is 13.8 Å². The van der Waals surface area contributed by atoms with Crippen molar-refractivity contribution in [3.05, 3.63) is 70.5 Å². The third-order valence-corrected chi connectivity index (χ3v) is 7.55. The average molecular weight is 545 g/mol. The summed E-state index contributed by atoms with van der Waals surface area (Å²) in [5.74, 6) is -0.503. The summed E-state index contributed by atoms with van der Waals surface area (Å²) in [5, 5.41) is 12.1. The fourth-order valence-corrected chi connectivity index (χ4v) is 5.40. The van der Waals surface area contributed by atoms with Gasteiger partial charge in [0.15, 0.2) is 0 Å². The first-order valence-corrected chi connectivity index (χ1v) is 13.4. The molecule has 14 nitrogen and oxygen atoms in total. The topological polar surface area (TPSA) is 194 Å². The van der Waals surface area contributed by atoms with E-state index in [1.54, 1.807) is 19.3 Å². The molecule has 1 aromatic heterocycles. The molecule has 1 saturated heterocycles. The van der Waals surface area contributed by atoms with Crippen LogP contribution in [0.25, 0.3) is 21.3 Å². The van der Waals surface area contributed by atoms with Crippen molar-refractivity contribution in [1.82, 2.24) is 25.6 Å². The number of nitrogens with one attached hydrogen (secondary N) is 4. The second kappa shape index (κ2) is 11.4. The monoisotopic (exact) mass is 544 g/mol. The highest BCUT2D eigenvalue weighted by molar-refractivity contribution is 7.50. The Morgan fingerprint density at radius 2 is 2.24 bits per heavy atom. The number of para-hydroxylation sites is 1. The molecule has 1 unspecified atom stereocenters. The van der Waals surface area contributed by atoms with E-state index in [0.717, 1.165) is 16.5 Å². The van der Waals surface area contributed by atoms with Crippen molar-refractivity contribution in [2.24, 2.45) is 5.11 Å². The number of fused-ring (bicyclic) bond motifs is 1.